The van der Waals surface area contributed by atoms with Crippen LogP contribution in [-0.4, -0.2) is 12.1 Å². The van der Waals surface area contributed by atoms with Crippen molar-refractivity contribution in [3.63, 3.8) is 0 Å². The highest BCUT2D eigenvalue weighted by atomic mass is 16.3. The highest BCUT2D eigenvalue weighted by Crippen LogP contribution is 2.09. The van der Waals surface area contributed by atoms with E-state index in [1.54, 1.807) is 6.26 Å². The van der Waals surface area contributed by atoms with Gasteiger partial charge in [-0.25, -0.2) is 0 Å². The minimum Gasteiger partial charge on any atom is -0.469 e. The van der Waals surface area contributed by atoms with Crippen LogP contribution in [0.1, 0.15) is 65.1 Å². The Morgan fingerprint density at radius 3 is 2.56 bits per heavy atom. The van der Waals surface area contributed by atoms with Gasteiger partial charge in [0.15, 0.2) is 0 Å². The van der Waals surface area contributed by atoms with E-state index in [1.807, 2.05) is 6.07 Å². The van der Waals surface area contributed by atoms with Crippen molar-refractivity contribution in [3.8, 4) is 0 Å². The summed E-state index contributed by atoms with van der Waals surface area (Å²) in [5.41, 5.74) is 0. The number of hydrogen-bond donors (Lipinski definition) is 1. The van der Waals surface area contributed by atoms with Crippen molar-refractivity contribution in [1.29, 1.82) is 0 Å². The van der Waals surface area contributed by atoms with Crippen molar-refractivity contribution < 1.29 is 4.42 Å². The zero-order chi connectivity index (χ0) is 13.2. The summed E-state index contributed by atoms with van der Waals surface area (Å²) < 4.78 is 5.35. The van der Waals surface area contributed by atoms with E-state index in [0.717, 1.165) is 18.6 Å². The summed E-state index contributed by atoms with van der Waals surface area (Å²) >= 11 is 0. The van der Waals surface area contributed by atoms with E-state index in [9.17, 15) is 0 Å². The van der Waals surface area contributed by atoms with Crippen LogP contribution in [0.2, 0.25) is 0 Å². The van der Waals surface area contributed by atoms with Crippen LogP contribution in [0.15, 0.2) is 22.8 Å². The molecule has 0 aliphatic carbocycles. The molecule has 1 aromatic rings. The van der Waals surface area contributed by atoms with Gasteiger partial charge in [-0.05, 0) is 38.8 Å². The van der Waals surface area contributed by atoms with Crippen LogP contribution in [0.3, 0.4) is 0 Å². The first-order chi connectivity index (χ1) is 8.72. The Hall–Kier alpha value is -0.760. The fraction of sp³-hybridized carbons (Fsp3) is 0.750. The summed E-state index contributed by atoms with van der Waals surface area (Å²) in [5.74, 6) is 1.10. The predicted octanol–water partition coefficient (Wildman–Crippen LogP) is 4.55. The van der Waals surface area contributed by atoms with E-state index >= 15 is 0 Å². The smallest absolute Gasteiger partial charge is 0.103 e. The van der Waals surface area contributed by atoms with E-state index in [1.165, 1.54) is 32.1 Å². The first-order valence-corrected chi connectivity index (χ1v) is 7.50. The molecule has 0 fully saturated rings. The van der Waals surface area contributed by atoms with Gasteiger partial charge in [-0.2, -0.15) is 0 Å². The summed E-state index contributed by atoms with van der Waals surface area (Å²) in [6.07, 6.45) is 10.7. The second-order valence-electron chi connectivity index (χ2n) is 5.44. The van der Waals surface area contributed by atoms with Crippen molar-refractivity contribution in [2.75, 3.05) is 0 Å². The van der Waals surface area contributed by atoms with Gasteiger partial charge in [-0.15, -0.1) is 0 Å². The van der Waals surface area contributed by atoms with Gasteiger partial charge in [0, 0.05) is 18.5 Å². The van der Waals surface area contributed by atoms with Gasteiger partial charge in [-0.3, -0.25) is 0 Å². The minimum atomic E-state index is 0.566. The Morgan fingerprint density at radius 1 is 1.11 bits per heavy atom. The fourth-order valence-electron chi connectivity index (χ4n) is 2.34. The molecule has 0 amide bonds. The number of rotatable bonds is 10. The molecule has 1 heterocycles. The average Bonchev–Trinajstić information content (AvgIpc) is 2.85. The van der Waals surface area contributed by atoms with Crippen molar-refractivity contribution >= 4 is 0 Å². The molecule has 1 N–H and O–H groups in total. The highest BCUT2D eigenvalue weighted by molar-refractivity contribution is 4.98. The molecule has 2 nitrogen and oxygen atoms in total. The maximum Gasteiger partial charge on any atom is 0.103 e. The van der Waals surface area contributed by atoms with E-state index in [-0.39, 0.29) is 0 Å². The minimum absolute atomic E-state index is 0.566. The molecular formula is C16H29NO. The Balaban J connectivity index is 2.05. The van der Waals surface area contributed by atoms with E-state index in [2.05, 4.69) is 32.2 Å². The molecule has 0 aliphatic rings. The zero-order valence-corrected chi connectivity index (χ0v) is 12.2. The molecule has 0 radical (unpaired) electrons. The Labute approximate surface area is 112 Å². The second kappa shape index (κ2) is 9.21. The summed E-state index contributed by atoms with van der Waals surface area (Å²) in [6, 6.07) is 5.22. The van der Waals surface area contributed by atoms with Gasteiger partial charge in [0.2, 0.25) is 0 Å². The van der Waals surface area contributed by atoms with Crippen molar-refractivity contribution in [3.05, 3.63) is 24.2 Å². The normalized spacial score (nSPS) is 14.6. The zero-order valence-electron chi connectivity index (χ0n) is 12.2. The fourth-order valence-corrected chi connectivity index (χ4v) is 2.34. The molecule has 0 saturated carbocycles. The first kappa shape index (κ1) is 15.3. The number of hydrogen-bond acceptors (Lipinski definition) is 2. The van der Waals surface area contributed by atoms with Gasteiger partial charge < -0.3 is 9.73 Å². The lowest BCUT2D eigenvalue weighted by molar-refractivity contribution is 0.402. The molecule has 0 aromatic carbocycles. The molecule has 2 heteroatoms. The van der Waals surface area contributed by atoms with Gasteiger partial charge in [-0.1, -0.05) is 32.6 Å². The van der Waals surface area contributed by atoms with Gasteiger partial charge in [0.05, 0.1) is 6.26 Å². The molecule has 18 heavy (non-hydrogen) atoms. The number of nitrogens with one attached hydrogen (secondary N) is 1. The van der Waals surface area contributed by atoms with Crippen LogP contribution < -0.4 is 5.32 Å². The molecule has 0 bridgehead atoms. The number of aryl methyl sites for hydroxylation is 1. The van der Waals surface area contributed by atoms with Crippen LogP contribution >= 0.6 is 0 Å². The van der Waals surface area contributed by atoms with E-state index < -0.39 is 0 Å². The van der Waals surface area contributed by atoms with Crippen LogP contribution in [0.25, 0.3) is 0 Å². The molecule has 104 valence electrons. The summed E-state index contributed by atoms with van der Waals surface area (Å²) in [7, 11) is 0. The third-order valence-electron chi connectivity index (χ3n) is 3.46. The van der Waals surface area contributed by atoms with Gasteiger partial charge in [0.25, 0.3) is 0 Å². The summed E-state index contributed by atoms with van der Waals surface area (Å²) in [6.45, 7) is 6.83. The van der Waals surface area contributed by atoms with Crippen LogP contribution in [0.4, 0.5) is 0 Å². The maximum absolute atomic E-state index is 5.35. The third kappa shape index (κ3) is 6.85. The summed E-state index contributed by atoms with van der Waals surface area (Å²) in [5, 5.41) is 3.68. The topological polar surface area (TPSA) is 25.2 Å². The Kier molecular flexibility index (Phi) is 7.83. The Morgan fingerprint density at radius 2 is 1.89 bits per heavy atom. The van der Waals surface area contributed by atoms with Crippen molar-refractivity contribution in [2.45, 2.75) is 77.8 Å². The van der Waals surface area contributed by atoms with Crippen molar-refractivity contribution in [2.24, 2.45) is 0 Å². The molecule has 0 saturated heterocycles. The maximum atomic E-state index is 5.35. The SMILES string of the molecule is CCCCCCC(C)NC(C)CCc1ccco1. The molecule has 2 unspecified atom stereocenters. The highest BCUT2D eigenvalue weighted by Gasteiger charge is 2.08. The quantitative estimate of drug-likeness (QED) is 0.617. The second-order valence-corrected chi connectivity index (χ2v) is 5.44. The Bertz CT molecular complexity index is 281. The molecule has 1 rings (SSSR count). The lowest BCUT2D eigenvalue weighted by atomic mass is 10.1. The van der Waals surface area contributed by atoms with Crippen LogP contribution in [-0.2, 0) is 6.42 Å². The van der Waals surface area contributed by atoms with E-state index in [0.29, 0.717) is 12.1 Å². The summed E-state index contributed by atoms with van der Waals surface area (Å²) in [4.78, 5) is 0. The molecule has 0 aliphatic heterocycles. The predicted molar refractivity (Wildman–Crippen MR) is 77.8 cm³/mol. The monoisotopic (exact) mass is 251 g/mol. The van der Waals surface area contributed by atoms with Crippen molar-refractivity contribution in [1.82, 2.24) is 5.32 Å². The lowest BCUT2D eigenvalue weighted by Gasteiger charge is -2.19. The standard InChI is InChI=1S/C16H29NO/c1-4-5-6-7-9-14(2)17-15(3)11-12-16-10-8-13-18-16/h8,10,13-15,17H,4-7,9,11-12H2,1-3H3. The molecule has 2 atom stereocenters. The van der Waals surface area contributed by atoms with Gasteiger partial charge >= 0.3 is 0 Å². The lowest BCUT2D eigenvalue weighted by Crippen LogP contribution is -2.34. The van der Waals surface area contributed by atoms with Crippen LogP contribution in [0, 0.1) is 0 Å². The largest absolute Gasteiger partial charge is 0.469 e. The first-order valence-electron chi connectivity index (χ1n) is 7.50. The van der Waals surface area contributed by atoms with Gasteiger partial charge in [0.1, 0.15) is 5.76 Å². The average molecular weight is 251 g/mol. The number of unbranched alkanes of at least 4 members (excludes halogenated alkanes) is 3. The molecular weight excluding hydrogens is 222 g/mol. The molecule has 1 aromatic heterocycles. The third-order valence-corrected chi connectivity index (χ3v) is 3.46. The number of furan rings is 1. The van der Waals surface area contributed by atoms with E-state index in [4.69, 9.17) is 4.42 Å². The molecule has 0 spiro atoms. The van der Waals surface area contributed by atoms with Crippen LogP contribution in [0.5, 0.6) is 0 Å².